The third-order valence-corrected chi connectivity index (χ3v) is 3.43. The van der Waals surface area contributed by atoms with Gasteiger partial charge in [0.25, 0.3) is 0 Å². The van der Waals surface area contributed by atoms with Crippen LogP contribution in [0.2, 0.25) is 5.02 Å². The third-order valence-electron chi connectivity index (χ3n) is 3.03. The summed E-state index contributed by atoms with van der Waals surface area (Å²) >= 11 is 6.14. The highest BCUT2D eigenvalue weighted by molar-refractivity contribution is 6.33. The molecule has 0 aromatic heterocycles. The summed E-state index contributed by atoms with van der Waals surface area (Å²) in [5.74, 6) is 0.224. The SMILES string of the molecule is Cc1ccc(C2CCCCN2)c(Cl)c1O. The van der Waals surface area contributed by atoms with Crippen LogP contribution < -0.4 is 5.32 Å². The number of aryl methyl sites for hydroxylation is 1. The first kappa shape index (κ1) is 10.8. The van der Waals surface area contributed by atoms with Crippen LogP contribution in [0.15, 0.2) is 12.1 Å². The third kappa shape index (κ3) is 2.11. The van der Waals surface area contributed by atoms with E-state index in [9.17, 15) is 5.11 Å². The van der Waals surface area contributed by atoms with Crippen molar-refractivity contribution in [3.05, 3.63) is 28.3 Å². The Labute approximate surface area is 95.3 Å². The van der Waals surface area contributed by atoms with Crippen LogP contribution in [-0.2, 0) is 0 Å². The number of rotatable bonds is 1. The van der Waals surface area contributed by atoms with E-state index in [0.717, 1.165) is 24.1 Å². The fourth-order valence-corrected chi connectivity index (χ4v) is 2.41. The summed E-state index contributed by atoms with van der Waals surface area (Å²) in [4.78, 5) is 0. The number of phenolic OH excluding ortho intramolecular Hbond substituents is 1. The molecule has 1 aromatic rings. The van der Waals surface area contributed by atoms with Gasteiger partial charge in [-0.15, -0.1) is 0 Å². The molecule has 0 spiro atoms. The van der Waals surface area contributed by atoms with Crippen molar-refractivity contribution in [1.29, 1.82) is 0 Å². The summed E-state index contributed by atoms with van der Waals surface area (Å²) in [5.41, 5.74) is 1.86. The van der Waals surface area contributed by atoms with Gasteiger partial charge in [0.05, 0.1) is 5.02 Å². The highest BCUT2D eigenvalue weighted by Gasteiger charge is 2.19. The van der Waals surface area contributed by atoms with E-state index in [0.29, 0.717) is 11.1 Å². The summed E-state index contributed by atoms with van der Waals surface area (Å²) in [6.07, 6.45) is 3.55. The summed E-state index contributed by atoms with van der Waals surface area (Å²) in [7, 11) is 0. The van der Waals surface area contributed by atoms with Gasteiger partial charge in [0, 0.05) is 6.04 Å². The van der Waals surface area contributed by atoms with E-state index < -0.39 is 0 Å². The maximum absolute atomic E-state index is 9.76. The lowest BCUT2D eigenvalue weighted by molar-refractivity contribution is 0.409. The normalized spacial score (nSPS) is 21.6. The van der Waals surface area contributed by atoms with E-state index in [1.165, 1.54) is 12.8 Å². The fraction of sp³-hybridized carbons (Fsp3) is 0.500. The average Bonchev–Trinajstić information content (AvgIpc) is 2.27. The molecule has 0 radical (unpaired) electrons. The van der Waals surface area contributed by atoms with Gasteiger partial charge in [-0.1, -0.05) is 30.2 Å². The minimum Gasteiger partial charge on any atom is -0.506 e. The Kier molecular flexibility index (Phi) is 3.17. The van der Waals surface area contributed by atoms with Crippen LogP contribution in [0, 0.1) is 6.92 Å². The number of benzene rings is 1. The van der Waals surface area contributed by atoms with Crippen molar-refractivity contribution < 1.29 is 5.11 Å². The lowest BCUT2D eigenvalue weighted by atomic mass is 9.96. The van der Waals surface area contributed by atoms with Gasteiger partial charge < -0.3 is 10.4 Å². The molecule has 2 rings (SSSR count). The largest absolute Gasteiger partial charge is 0.506 e. The molecule has 1 aliphatic heterocycles. The molecule has 0 bridgehead atoms. The van der Waals surface area contributed by atoms with Gasteiger partial charge in [-0.25, -0.2) is 0 Å². The lowest BCUT2D eigenvalue weighted by Gasteiger charge is -2.25. The maximum Gasteiger partial charge on any atom is 0.137 e. The molecule has 1 atom stereocenters. The van der Waals surface area contributed by atoms with Crippen LogP contribution in [0.3, 0.4) is 0 Å². The molecular formula is C12H16ClNO. The smallest absolute Gasteiger partial charge is 0.137 e. The van der Waals surface area contributed by atoms with E-state index in [2.05, 4.69) is 5.32 Å². The standard InChI is InChI=1S/C12H16ClNO/c1-8-5-6-9(11(13)12(8)15)10-4-2-3-7-14-10/h5-6,10,14-15H,2-4,7H2,1H3. The second-order valence-electron chi connectivity index (χ2n) is 4.14. The number of phenols is 1. The van der Waals surface area contributed by atoms with Gasteiger partial charge in [0.1, 0.15) is 5.75 Å². The van der Waals surface area contributed by atoms with Crippen molar-refractivity contribution >= 4 is 11.6 Å². The van der Waals surface area contributed by atoms with E-state index in [-0.39, 0.29) is 5.75 Å². The molecule has 1 fully saturated rings. The highest BCUT2D eigenvalue weighted by atomic mass is 35.5. The van der Waals surface area contributed by atoms with E-state index in [4.69, 9.17) is 11.6 Å². The average molecular weight is 226 g/mol. The van der Waals surface area contributed by atoms with Crippen LogP contribution in [0.4, 0.5) is 0 Å². The van der Waals surface area contributed by atoms with Crippen molar-refractivity contribution in [3.63, 3.8) is 0 Å². The quantitative estimate of drug-likeness (QED) is 0.770. The molecule has 0 saturated carbocycles. The number of piperidine rings is 1. The zero-order chi connectivity index (χ0) is 10.8. The van der Waals surface area contributed by atoms with Gasteiger partial charge in [0.15, 0.2) is 0 Å². The molecule has 1 saturated heterocycles. The summed E-state index contributed by atoms with van der Waals surface area (Å²) < 4.78 is 0. The van der Waals surface area contributed by atoms with Crippen LogP contribution >= 0.6 is 11.6 Å². The van der Waals surface area contributed by atoms with Gasteiger partial charge in [0.2, 0.25) is 0 Å². The second kappa shape index (κ2) is 4.42. The molecule has 15 heavy (non-hydrogen) atoms. The fourth-order valence-electron chi connectivity index (χ4n) is 2.06. The molecule has 3 heteroatoms. The van der Waals surface area contributed by atoms with E-state index in [1.807, 2.05) is 19.1 Å². The summed E-state index contributed by atoms with van der Waals surface area (Å²) in [5, 5.41) is 13.7. The van der Waals surface area contributed by atoms with Gasteiger partial charge >= 0.3 is 0 Å². The predicted octanol–water partition coefficient (Wildman–Crippen LogP) is 3.17. The van der Waals surface area contributed by atoms with Gasteiger partial charge in [-0.3, -0.25) is 0 Å². The van der Waals surface area contributed by atoms with Crippen LogP contribution in [0.1, 0.15) is 36.4 Å². The van der Waals surface area contributed by atoms with Crippen molar-refractivity contribution in [1.82, 2.24) is 5.32 Å². The zero-order valence-corrected chi connectivity index (χ0v) is 9.64. The molecule has 1 heterocycles. The number of hydrogen-bond acceptors (Lipinski definition) is 2. The predicted molar refractivity (Wildman–Crippen MR) is 62.4 cm³/mol. The number of nitrogens with one attached hydrogen (secondary N) is 1. The maximum atomic E-state index is 9.76. The van der Waals surface area contributed by atoms with E-state index >= 15 is 0 Å². The topological polar surface area (TPSA) is 32.3 Å². The molecule has 1 aliphatic rings. The van der Waals surface area contributed by atoms with Crippen LogP contribution in [-0.4, -0.2) is 11.7 Å². The Bertz CT molecular complexity index is 359. The van der Waals surface area contributed by atoms with Crippen molar-refractivity contribution in [3.8, 4) is 5.75 Å². The number of hydrogen-bond donors (Lipinski definition) is 2. The zero-order valence-electron chi connectivity index (χ0n) is 8.89. The van der Waals surface area contributed by atoms with Crippen LogP contribution in [0.25, 0.3) is 0 Å². The minimum atomic E-state index is 0.224. The molecule has 1 unspecified atom stereocenters. The first-order valence-corrected chi connectivity index (χ1v) is 5.79. The number of halogens is 1. The Morgan fingerprint density at radius 3 is 2.87 bits per heavy atom. The Morgan fingerprint density at radius 2 is 2.20 bits per heavy atom. The van der Waals surface area contributed by atoms with Crippen molar-refractivity contribution in [2.75, 3.05) is 6.54 Å². The van der Waals surface area contributed by atoms with Crippen molar-refractivity contribution in [2.45, 2.75) is 32.2 Å². The first-order chi connectivity index (χ1) is 7.20. The highest BCUT2D eigenvalue weighted by Crippen LogP contribution is 2.36. The molecule has 0 amide bonds. The first-order valence-electron chi connectivity index (χ1n) is 5.41. The van der Waals surface area contributed by atoms with Crippen molar-refractivity contribution in [2.24, 2.45) is 0 Å². The molecule has 82 valence electrons. The Morgan fingerprint density at radius 1 is 1.40 bits per heavy atom. The van der Waals surface area contributed by atoms with Gasteiger partial charge in [-0.2, -0.15) is 0 Å². The minimum absolute atomic E-state index is 0.224. The molecule has 1 aromatic carbocycles. The molecular weight excluding hydrogens is 210 g/mol. The van der Waals surface area contributed by atoms with Crippen LogP contribution in [0.5, 0.6) is 5.75 Å². The summed E-state index contributed by atoms with van der Waals surface area (Å²) in [6, 6.07) is 4.24. The molecule has 0 aliphatic carbocycles. The Balaban J connectivity index is 2.31. The second-order valence-corrected chi connectivity index (χ2v) is 4.51. The number of aromatic hydroxyl groups is 1. The molecule has 2 nitrogen and oxygen atoms in total. The lowest BCUT2D eigenvalue weighted by Crippen LogP contribution is -2.26. The monoisotopic (exact) mass is 225 g/mol. The Hall–Kier alpha value is -0.730. The summed E-state index contributed by atoms with van der Waals surface area (Å²) in [6.45, 7) is 2.90. The molecule has 2 N–H and O–H groups in total. The van der Waals surface area contributed by atoms with E-state index in [1.54, 1.807) is 0 Å². The van der Waals surface area contributed by atoms with Gasteiger partial charge in [-0.05, 0) is 37.4 Å².